The highest BCUT2D eigenvalue weighted by Crippen LogP contribution is 2.11. The normalized spacial score (nSPS) is 9.71. The molecule has 0 atom stereocenters. The molecular weight excluding hydrogens is 218 g/mol. The molecule has 0 saturated carbocycles. The maximum atomic E-state index is 10.4. The highest BCUT2D eigenvalue weighted by Gasteiger charge is 1.99. The lowest BCUT2D eigenvalue weighted by molar-refractivity contribution is -0.137. The first kappa shape index (κ1) is 13.0. The standard InChI is InChI=1S/C12H17N3O2/c1-14-12(13)15-10-7-5-9(6-8-10)3-2-4-11(16)17/h5-8H,2-4H2,1H3,(H,16,17)(H3,13,14,15). The lowest BCUT2D eigenvalue weighted by Crippen LogP contribution is -2.25. The molecule has 0 fully saturated rings. The van der Waals surface area contributed by atoms with Gasteiger partial charge in [-0.1, -0.05) is 12.1 Å². The van der Waals surface area contributed by atoms with Gasteiger partial charge < -0.3 is 15.7 Å². The van der Waals surface area contributed by atoms with Crippen molar-refractivity contribution in [3.05, 3.63) is 29.8 Å². The zero-order valence-electron chi connectivity index (χ0n) is 9.79. The van der Waals surface area contributed by atoms with E-state index in [0.29, 0.717) is 6.42 Å². The van der Waals surface area contributed by atoms with Crippen LogP contribution in [0.1, 0.15) is 18.4 Å². The van der Waals surface area contributed by atoms with E-state index in [9.17, 15) is 4.79 Å². The van der Waals surface area contributed by atoms with Gasteiger partial charge in [-0.2, -0.15) is 0 Å². The van der Waals surface area contributed by atoms with Gasteiger partial charge in [0.1, 0.15) is 0 Å². The molecule has 0 unspecified atom stereocenters. The third-order valence-electron chi connectivity index (χ3n) is 2.33. The van der Waals surface area contributed by atoms with Crippen LogP contribution in [0.5, 0.6) is 0 Å². The van der Waals surface area contributed by atoms with Crippen molar-refractivity contribution in [1.29, 1.82) is 5.41 Å². The topological polar surface area (TPSA) is 85.2 Å². The molecule has 0 aliphatic rings. The van der Waals surface area contributed by atoms with Crippen LogP contribution in [0.15, 0.2) is 24.3 Å². The average Bonchev–Trinajstić information content (AvgIpc) is 2.31. The third kappa shape index (κ3) is 5.01. The maximum absolute atomic E-state index is 10.4. The van der Waals surface area contributed by atoms with E-state index in [1.807, 2.05) is 24.3 Å². The van der Waals surface area contributed by atoms with Crippen LogP contribution in [0, 0.1) is 5.41 Å². The van der Waals surface area contributed by atoms with Crippen molar-refractivity contribution >= 4 is 17.6 Å². The fraction of sp³-hybridized carbons (Fsp3) is 0.333. The largest absolute Gasteiger partial charge is 0.481 e. The van der Waals surface area contributed by atoms with Crippen molar-refractivity contribution in [2.75, 3.05) is 12.4 Å². The Hall–Kier alpha value is -2.04. The predicted molar refractivity (Wildman–Crippen MR) is 67.4 cm³/mol. The highest BCUT2D eigenvalue weighted by atomic mass is 16.4. The van der Waals surface area contributed by atoms with Crippen LogP contribution in [0.2, 0.25) is 0 Å². The van der Waals surface area contributed by atoms with Crippen LogP contribution < -0.4 is 10.6 Å². The summed E-state index contributed by atoms with van der Waals surface area (Å²) in [5.41, 5.74) is 1.94. The quantitative estimate of drug-likeness (QED) is 0.462. The molecule has 0 heterocycles. The van der Waals surface area contributed by atoms with Crippen molar-refractivity contribution in [2.45, 2.75) is 19.3 Å². The molecule has 0 spiro atoms. The fourth-order valence-corrected chi connectivity index (χ4v) is 1.41. The Morgan fingerprint density at radius 3 is 2.53 bits per heavy atom. The van der Waals surface area contributed by atoms with Gasteiger partial charge in [0.05, 0.1) is 0 Å². The summed E-state index contributed by atoms with van der Waals surface area (Å²) in [6, 6.07) is 7.63. The molecule has 0 amide bonds. The highest BCUT2D eigenvalue weighted by molar-refractivity contribution is 5.90. The molecule has 0 radical (unpaired) electrons. The molecule has 5 nitrogen and oxygen atoms in total. The van der Waals surface area contributed by atoms with Gasteiger partial charge in [0.15, 0.2) is 5.96 Å². The number of benzene rings is 1. The number of carboxylic acid groups (broad SMARTS) is 1. The van der Waals surface area contributed by atoms with Crippen molar-refractivity contribution in [3.63, 3.8) is 0 Å². The molecule has 0 aliphatic carbocycles. The van der Waals surface area contributed by atoms with E-state index in [1.165, 1.54) is 0 Å². The minimum atomic E-state index is -0.759. The van der Waals surface area contributed by atoms with Gasteiger partial charge in [-0.3, -0.25) is 10.2 Å². The predicted octanol–water partition coefficient (Wildman–Crippen LogP) is 1.66. The number of guanidine groups is 1. The lowest BCUT2D eigenvalue weighted by atomic mass is 10.1. The Bertz CT molecular complexity index is 387. The van der Waals surface area contributed by atoms with Crippen LogP contribution >= 0.6 is 0 Å². The van der Waals surface area contributed by atoms with Crippen LogP contribution in [-0.4, -0.2) is 24.1 Å². The van der Waals surface area contributed by atoms with Gasteiger partial charge in [-0.25, -0.2) is 0 Å². The Morgan fingerprint density at radius 1 is 1.35 bits per heavy atom. The molecule has 0 aliphatic heterocycles. The molecule has 0 saturated heterocycles. The second kappa shape index (κ2) is 6.52. The smallest absolute Gasteiger partial charge is 0.303 e. The first-order chi connectivity index (χ1) is 8.11. The minimum Gasteiger partial charge on any atom is -0.481 e. The molecule has 0 bridgehead atoms. The zero-order chi connectivity index (χ0) is 12.7. The summed E-state index contributed by atoms with van der Waals surface area (Å²) >= 11 is 0. The third-order valence-corrected chi connectivity index (χ3v) is 2.33. The first-order valence-corrected chi connectivity index (χ1v) is 5.46. The molecular formula is C12H17N3O2. The Labute approximate surface area is 100 Å². The SMILES string of the molecule is CNC(=N)Nc1ccc(CCCC(=O)O)cc1. The summed E-state index contributed by atoms with van der Waals surface area (Å²) in [5.74, 6) is -0.519. The van der Waals surface area contributed by atoms with E-state index in [1.54, 1.807) is 7.05 Å². The number of carbonyl (C=O) groups is 1. The Kier molecular flexibility index (Phi) is 5.00. The van der Waals surface area contributed by atoms with Crippen molar-refractivity contribution in [1.82, 2.24) is 5.32 Å². The summed E-state index contributed by atoms with van der Waals surface area (Å²) < 4.78 is 0. The monoisotopic (exact) mass is 235 g/mol. The molecule has 92 valence electrons. The number of hydrogen-bond acceptors (Lipinski definition) is 2. The van der Waals surface area contributed by atoms with Crippen molar-refractivity contribution < 1.29 is 9.90 Å². The zero-order valence-corrected chi connectivity index (χ0v) is 9.79. The number of anilines is 1. The number of aryl methyl sites for hydroxylation is 1. The summed E-state index contributed by atoms with van der Waals surface area (Å²) in [5, 5.41) is 21.5. The number of rotatable bonds is 5. The number of aliphatic carboxylic acids is 1. The number of nitrogens with one attached hydrogen (secondary N) is 3. The second-order valence-corrected chi connectivity index (χ2v) is 3.69. The summed E-state index contributed by atoms with van der Waals surface area (Å²) in [6.45, 7) is 0. The van der Waals surface area contributed by atoms with Gasteiger partial charge in [0.25, 0.3) is 0 Å². The van der Waals surface area contributed by atoms with E-state index in [4.69, 9.17) is 10.5 Å². The molecule has 1 aromatic carbocycles. The van der Waals surface area contributed by atoms with E-state index in [-0.39, 0.29) is 12.4 Å². The summed E-state index contributed by atoms with van der Waals surface area (Å²) in [4.78, 5) is 10.4. The minimum absolute atomic E-state index is 0.199. The molecule has 1 aromatic rings. The second-order valence-electron chi connectivity index (χ2n) is 3.69. The van der Waals surface area contributed by atoms with Crippen molar-refractivity contribution in [3.8, 4) is 0 Å². The number of hydrogen-bond donors (Lipinski definition) is 4. The molecule has 1 rings (SSSR count). The van der Waals surface area contributed by atoms with Gasteiger partial charge in [0.2, 0.25) is 0 Å². The maximum Gasteiger partial charge on any atom is 0.303 e. The molecule has 4 N–H and O–H groups in total. The van der Waals surface area contributed by atoms with Crippen LogP contribution in [0.4, 0.5) is 5.69 Å². The average molecular weight is 235 g/mol. The lowest BCUT2D eigenvalue weighted by Gasteiger charge is -2.07. The van der Waals surface area contributed by atoms with E-state index in [2.05, 4.69) is 10.6 Å². The van der Waals surface area contributed by atoms with Crippen molar-refractivity contribution in [2.24, 2.45) is 0 Å². The van der Waals surface area contributed by atoms with E-state index >= 15 is 0 Å². The molecule has 5 heteroatoms. The van der Waals surface area contributed by atoms with Gasteiger partial charge >= 0.3 is 5.97 Å². The van der Waals surface area contributed by atoms with Gasteiger partial charge in [-0.15, -0.1) is 0 Å². The van der Waals surface area contributed by atoms with Gasteiger partial charge in [-0.05, 0) is 30.5 Å². The van der Waals surface area contributed by atoms with E-state index in [0.717, 1.165) is 17.7 Å². The molecule has 0 aromatic heterocycles. The van der Waals surface area contributed by atoms with Gasteiger partial charge in [0, 0.05) is 19.2 Å². The fourth-order valence-electron chi connectivity index (χ4n) is 1.41. The van der Waals surface area contributed by atoms with E-state index < -0.39 is 5.97 Å². The van der Waals surface area contributed by atoms with Crippen LogP contribution in [-0.2, 0) is 11.2 Å². The molecule has 17 heavy (non-hydrogen) atoms. The Morgan fingerprint density at radius 2 is 2.00 bits per heavy atom. The summed E-state index contributed by atoms with van der Waals surface area (Å²) in [6.07, 6.45) is 1.61. The van der Waals surface area contributed by atoms with Crippen LogP contribution in [0.25, 0.3) is 0 Å². The van der Waals surface area contributed by atoms with Crippen LogP contribution in [0.3, 0.4) is 0 Å². The Balaban J connectivity index is 2.44. The summed E-state index contributed by atoms with van der Waals surface area (Å²) in [7, 11) is 1.68. The first-order valence-electron chi connectivity index (χ1n) is 5.46. The number of carboxylic acids is 1.